The van der Waals surface area contributed by atoms with Crippen molar-refractivity contribution in [3.63, 3.8) is 0 Å². The number of ketones is 1. The molecular weight excluding hydrogens is 180 g/mol. The fourth-order valence-electron chi connectivity index (χ4n) is 2.13. The SMILES string of the molecule is CCC(C(C)=O)N1C(=O)C(NC)C1C. The van der Waals surface area contributed by atoms with Gasteiger partial charge < -0.3 is 10.2 Å². The van der Waals surface area contributed by atoms with E-state index >= 15 is 0 Å². The number of amides is 1. The third-order valence-corrected chi connectivity index (χ3v) is 2.94. The Labute approximate surface area is 84.7 Å². The molecule has 3 unspecified atom stereocenters. The highest BCUT2D eigenvalue weighted by Crippen LogP contribution is 2.24. The number of rotatable bonds is 4. The van der Waals surface area contributed by atoms with Crippen molar-refractivity contribution in [2.75, 3.05) is 7.05 Å². The Kier molecular flexibility index (Phi) is 3.26. The second kappa shape index (κ2) is 4.09. The second-order valence-electron chi connectivity index (χ2n) is 3.79. The lowest BCUT2D eigenvalue weighted by atomic mass is 9.92. The van der Waals surface area contributed by atoms with Gasteiger partial charge in [0.1, 0.15) is 6.04 Å². The zero-order valence-corrected chi connectivity index (χ0v) is 9.20. The molecule has 1 aliphatic heterocycles. The van der Waals surface area contributed by atoms with Crippen molar-refractivity contribution in [2.24, 2.45) is 0 Å². The number of nitrogens with one attached hydrogen (secondary N) is 1. The molecule has 1 saturated heterocycles. The summed E-state index contributed by atoms with van der Waals surface area (Å²) in [6, 6.07) is -0.216. The molecule has 0 radical (unpaired) electrons. The number of carbonyl (C=O) groups is 2. The Morgan fingerprint density at radius 1 is 1.64 bits per heavy atom. The van der Waals surface area contributed by atoms with Crippen LogP contribution in [-0.4, -0.2) is 41.8 Å². The van der Waals surface area contributed by atoms with Crippen LogP contribution in [0.15, 0.2) is 0 Å². The topological polar surface area (TPSA) is 49.4 Å². The number of Topliss-reactive ketones (excluding diaryl/α,β-unsaturated/α-hetero) is 1. The molecule has 80 valence electrons. The Bertz CT molecular complexity index is 253. The number of nitrogens with zero attached hydrogens (tertiary/aromatic N) is 1. The van der Waals surface area contributed by atoms with Gasteiger partial charge in [0.25, 0.3) is 0 Å². The maximum atomic E-state index is 11.6. The molecule has 4 heteroatoms. The zero-order valence-electron chi connectivity index (χ0n) is 9.20. The van der Waals surface area contributed by atoms with Gasteiger partial charge in [-0.3, -0.25) is 9.59 Å². The summed E-state index contributed by atoms with van der Waals surface area (Å²) in [6.07, 6.45) is 0.696. The molecule has 1 amide bonds. The lowest BCUT2D eigenvalue weighted by Crippen LogP contribution is -2.71. The second-order valence-corrected chi connectivity index (χ2v) is 3.79. The van der Waals surface area contributed by atoms with Crippen molar-refractivity contribution in [3.05, 3.63) is 0 Å². The van der Waals surface area contributed by atoms with E-state index < -0.39 is 0 Å². The predicted octanol–water partition coefficient (Wildman–Crippen LogP) is 0.173. The van der Waals surface area contributed by atoms with Gasteiger partial charge in [-0.25, -0.2) is 0 Å². The molecule has 0 aromatic heterocycles. The number of carbonyl (C=O) groups excluding carboxylic acids is 2. The number of hydrogen-bond donors (Lipinski definition) is 1. The summed E-state index contributed by atoms with van der Waals surface area (Å²) < 4.78 is 0. The molecule has 14 heavy (non-hydrogen) atoms. The average Bonchev–Trinajstić information content (AvgIpc) is 2.14. The number of hydrogen-bond acceptors (Lipinski definition) is 3. The van der Waals surface area contributed by atoms with Gasteiger partial charge in [-0.05, 0) is 27.3 Å². The largest absolute Gasteiger partial charge is 0.326 e. The first-order chi connectivity index (χ1) is 6.54. The number of likely N-dealkylation sites (tertiary alicyclic amines) is 1. The van der Waals surface area contributed by atoms with Gasteiger partial charge in [0, 0.05) is 0 Å². The van der Waals surface area contributed by atoms with Gasteiger partial charge in [-0.15, -0.1) is 0 Å². The van der Waals surface area contributed by atoms with E-state index in [1.807, 2.05) is 13.8 Å². The Hall–Kier alpha value is -0.900. The molecule has 3 atom stereocenters. The van der Waals surface area contributed by atoms with Crippen molar-refractivity contribution >= 4 is 11.7 Å². The van der Waals surface area contributed by atoms with E-state index in [4.69, 9.17) is 0 Å². The summed E-state index contributed by atoms with van der Waals surface area (Å²) >= 11 is 0. The summed E-state index contributed by atoms with van der Waals surface area (Å²) in [7, 11) is 1.77. The maximum absolute atomic E-state index is 11.6. The molecule has 0 aromatic carbocycles. The van der Waals surface area contributed by atoms with Crippen LogP contribution < -0.4 is 5.32 Å². The van der Waals surface area contributed by atoms with Crippen LogP contribution in [0.2, 0.25) is 0 Å². The minimum atomic E-state index is -0.234. The quantitative estimate of drug-likeness (QED) is 0.655. The highest BCUT2D eigenvalue weighted by atomic mass is 16.2. The van der Waals surface area contributed by atoms with E-state index in [1.165, 1.54) is 0 Å². The lowest BCUT2D eigenvalue weighted by molar-refractivity contribution is -0.157. The molecule has 1 aliphatic rings. The first-order valence-electron chi connectivity index (χ1n) is 5.04. The number of β-lactam (4-membered cyclic amide) rings is 1. The predicted molar refractivity (Wildman–Crippen MR) is 53.9 cm³/mol. The van der Waals surface area contributed by atoms with Gasteiger partial charge in [0.2, 0.25) is 5.91 Å². The standard InChI is InChI=1S/C10H18N2O2/c1-5-8(7(3)13)12-6(2)9(11-4)10(12)14/h6,8-9,11H,5H2,1-4H3. The molecule has 0 aliphatic carbocycles. The van der Waals surface area contributed by atoms with Crippen LogP contribution in [0.5, 0.6) is 0 Å². The van der Waals surface area contributed by atoms with Crippen LogP contribution in [0, 0.1) is 0 Å². The van der Waals surface area contributed by atoms with E-state index in [2.05, 4.69) is 5.32 Å². The molecule has 4 nitrogen and oxygen atoms in total. The summed E-state index contributed by atoms with van der Waals surface area (Å²) in [4.78, 5) is 24.6. The van der Waals surface area contributed by atoms with Crippen molar-refractivity contribution < 1.29 is 9.59 Å². The van der Waals surface area contributed by atoms with E-state index in [0.29, 0.717) is 6.42 Å². The van der Waals surface area contributed by atoms with E-state index in [-0.39, 0.29) is 29.8 Å². The van der Waals surface area contributed by atoms with Crippen molar-refractivity contribution in [1.82, 2.24) is 10.2 Å². The van der Waals surface area contributed by atoms with Crippen molar-refractivity contribution in [2.45, 2.75) is 45.3 Å². The van der Waals surface area contributed by atoms with Crippen LogP contribution in [-0.2, 0) is 9.59 Å². The molecule has 0 bridgehead atoms. The van der Waals surface area contributed by atoms with Crippen LogP contribution >= 0.6 is 0 Å². The van der Waals surface area contributed by atoms with Crippen LogP contribution in [0.25, 0.3) is 0 Å². The molecule has 1 heterocycles. The monoisotopic (exact) mass is 198 g/mol. The first-order valence-corrected chi connectivity index (χ1v) is 5.04. The Balaban J connectivity index is 2.71. The lowest BCUT2D eigenvalue weighted by Gasteiger charge is -2.48. The van der Waals surface area contributed by atoms with Gasteiger partial charge in [-0.1, -0.05) is 6.92 Å². The third kappa shape index (κ3) is 1.54. The van der Waals surface area contributed by atoms with Crippen LogP contribution in [0.1, 0.15) is 27.2 Å². The molecular formula is C10H18N2O2. The van der Waals surface area contributed by atoms with E-state index in [9.17, 15) is 9.59 Å². The van der Waals surface area contributed by atoms with E-state index in [0.717, 1.165) is 0 Å². The summed E-state index contributed by atoms with van der Waals surface area (Å²) in [5.41, 5.74) is 0. The van der Waals surface area contributed by atoms with Gasteiger partial charge in [0.05, 0.1) is 12.1 Å². The smallest absolute Gasteiger partial charge is 0.242 e. The fourth-order valence-corrected chi connectivity index (χ4v) is 2.13. The molecule has 1 N–H and O–H groups in total. The molecule has 1 rings (SSSR count). The average molecular weight is 198 g/mol. The summed E-state index contributed by atoms with van der Waals surface area (Å²) in [5, 5.41) is 2.95. The molecule has 0 spiro atoms. The summed E-state index contributed by atoms with van der Waals surface area (Å²) in [6.45, 7) is 5.44. The minimum Gasteiger partial charge on any atom is -0.326 e. The minimum absolute atomic E-state index is 0.0436. The zero-order chi connectivity index (χ0) is 10.9. The molecule has 0 saturated carbocycles. The van der Waals surface area contributed by atoms with Crippen LogP contribution in [0.4, 0.5) is 0 Å². The van der Waals surface area contributed by atoms with Crippen molar-refractivity contribution in [1.29, 1.82) is 0 Å². The van der Waals surface area contributed by atoms with Crippen molar-refractivity contribution in [3.8, 4) is 0 Å². The Morgan fingerprint density at radius 2 is 2.21 bits per heavy atom. The first kappa shape index (κ1) is 11.2. The van der Waals surface area contributed by atoms with Gasteiger partial charge in [-0.2, -0.15) is 0 Å². The van der Waals surface area contributed by atoms with Gasteiger partial charge >= 0.3 is 0 Å². The fraction of sp³-hybridized carbons (Fsp3) is 0.800. The Morgan fingerprint density at radius 3 is 2.50 bits per heavy atom. The maximum Gasteiger partial charge on any atom is 0.242 e. The highest BCUT2D eigenvalue weighted by molar-refractivity contribution is 5.94. The third-order valence-electron chi connectivity index (χ3n) is 2.94. The van der Waals surface area contributed by atoms with Gasteiger partial charge in [0.15, 0.2) is 5.78 Å². The highest BCUT2D eigenvalue weighted by Gasteiger charge is 2.47. The summed E-state index contributed by atoms with van der Waals surface area (Å²) in [5.74, 6) is 0.115. The molecule has 0 aromatic rings. The molecule has 1 fully saturated rings. The van der Waals surface area contributed by atoms with Crippen LogP contribution in [0.3, 0.4) is 0 Å². The number of likely N-dealkylation sites (N-methyl/N-ethyl adjacent to an activating group) is 1. The van der Waals surface area contributed by atoms with E-state index in [1.54, 1.807) is 18.9 Å². The normalized spacial score (nSPS) is 28.6.